The zero-order valence-corrected chi connectivity index (χ0v) is 21.0. The number of halogens is 1. The van der Waals surface area contributed by atoms with Crippen molar-refractivity contribution in [2.24, 2.45) is 0 Å². The van der Waals surface area contributed by atoms with Crippen molar-refractivity contribution in [1.82, 2.24) is 0 Å². The van der Waals surface area contributed by atoms with Crippen LogP contribution in [-0.2, 0) is 25.9 Å². The largest absolute Gasteiger partial charge is 0.495 e. The number of ether oxygens (including phenoxy) is 3. The van der Waals surface area contributed by atoms with Crippen LogP contribution in [0.1, 0.15) is 33.2 Å². The molecule has 1 aliphatic heterocycles. The van der Waals surface area contributed by atoms with Gasteiger partial charge in [0.2, 0.25) is 9.84 Å². The molecule has 0 aliphatic carbocycles. The van der Waals surface area contributed by atoms with E-state index in [1.54, 1.807) is 25.1 Å². The Labute approximate surface area is 213 Å². The van der Waals surface area contributed by atoms with E-state index >= 15 is 0 Å². The zero-order valence-electron chi connectivity index (χ0n) is 19.5. The lowest BCUT2D eigenvalue weighted by atomic mass is 10.1. The number of methoxy groups -OCH3 is 1. The van der Waals surface area contributed by atoms with Gasteiger partial charge in [0.25, 0.3) is 5.91 Å². The van der Waals surface area contributed by atoms with Crippen LogP contribution >= 0.6 is 11.6 Å². The Bertz CT molecular complexity index is 1420. The van der Waals surface area contributed by atoms with Gasteiger partial charge in [-0.25, -0.2) is 13.2 Å². The standard InChI is InChI=1S/C25H23ClN2O7S/c1-3-35-25(30)15-4-7-18(8-5-15)28-24(29)16-10-20-19(13-34-14-27-20)22(11-16)36(31,32)23-12-17(26)6-9-21(23)33-2/h4-12,27H,3,13-14H2,1-2H3,(H,28,29). The second kappa shape index (κ2) is 10.6. The fraction of sp³-hybridized carbons (Fsp3) is 0.200. The summed E-state index contributed by atoms with van der Waals surface area (Å²) in [7, 11) is -2.80. The van der Waals surface area contributed by atoms with Crippen molar-refractivity contribution in [3.63, 3.8) is 0 Å². The highest BCUT2D eigenvalue weighted by Crippen LogP contribution is 2.37. The lowest BCUT2D eigenvalue weighted by molar-refractivity contribution is 0.0526. The number of amides is 1. The molecule has 11 heteroatoms. The first-order valence-corrected chi connectivity index (χ1v) is 12.8. The monoisotopic (exact) mass is 530 g/mol. The van der Waals surface area contributed by atoms with Gasteiger partial charge < -0.3 is 24.8 Å². The van der Waals surface area contributed by atoms with Gasteiger partial charge in [0.05, 0.1) is 30.8 Å². The molecule has 0 spiro atoms. The molecule has 188 valence electrons. The summed E-state index contributed by atoms with van der Waals surface area (Å²) in [5, 5.41) is 5.92. The van der Waals surface area contributed by atoms with Crippen LogP contribution in [0.25, 0.3) is 0 Å². The molecule has 36 heavy (non-hydrogen) atoms. The number of rotatable bonds is 7. The molecular formula is C25H23ClN2O7S. The Hall–Kier alpha value is -3.60. The number of esters is 1. The number of hydrogen-bond acceptors (Lipinski definition) is 8. The van der Waals surface area contributed by atoms with Crippen LogP contribution in [0, 0.1) is 0 Å². The van der Waals surface area contributed by atoms with E-state index in [4.69, 9.17) is 25.8 Å². The van der Waals surface area contributed by atoms with Gasteiger partial charge in [0.15, 0.2) is 0 Å². The summed E-state index contributed by atoms with van der Waals surface area (Å²) in [5.41, 5.74) is 1.72. The number of carbonyl (C=O) groups excluding carboxylic acids is 2. The Morgan fingerprint density at radius 3 is 2.50 bits per heavy atom. The number of benzene rings is 3. The van der Waals surface area contributed by atoms with Gasteiger partial charge in [-0.05, 0) is 61.5 Å². The predicted octanol–water partition coefficient (Wildman–Crippen LogP) is 4.51. The molecule has 0 fully saturated rings. The van der Waals surface area contributed by atoms with Crippen molar-refractivity contribution in [2.75, 3.05) is 31.1 Å². The predicted molar refractivity (Wildman–Crippen MR) is 134 cm³/mol. The Morgan fingerprint density at radius 2 is 1.81 bits per heavy atom. The van der Waals surface area contributed by atoms with Crippen LogP contribution in [0.3, 0.4) is 0 Å². The quantitative estimate of drug-likeness (QED) is 0.428. The summed E-state index contributed by atoms with van der Waals surface area (Å²) < 4.78 is 43.1. The van der Waals surface area contributed by atoms with E-state index in [0.717, 1.165) is 0 Å². The number of hydrogen-bond donors (Lipinski definition) is 2. The second-order valence-electron chi connectivity index (χ2n) is 7.72. The zero-order chi connectivity index (χ0) is 25.9. The molecule has 4 rings (SSSR count). The highest BCUT2D eigenvalue weighted by atomic mass is 35.5. The fourth-order valence-corrected chi connectivity index (χ4v) is 5.64. The van der Waals surface area contributed by atoms with Crippen LogP contribution in [0.2, 0.25) is 5.02 Å². The first-order chi connectivity index (χ1) is 17.2. The third kappa shape index (κ3) is 5.15. The van der Waals surface area contributed by atoms with Gasteiger partial charge in [-0.15, -0.1) is 0 Å². The van der Waals surface area contributed by atoms with Gasteiger partial charge in [-0.2, -0.15) is 0 Å². The minimum atomic E-state index is -4.16. The summed E-state index contributed by atoms with van der Waals surface area (Å²) in [6, 6.07) is 13.3. The molecule has 2 N–H and O–H groups in total. The Morgan fingerprint density at radius 1 is 1.06 bits per heavy atom. The van der Waals surface area contributed by atoms with Gasteiger partial charge in [0, 0.05) is 27.5 Å². The second-order valence-corrected chi connectivity index (χ2v) is 10.0. The molecule has 0 bridgehead atoms. The first-order valence-electron chi connectivity index (χ1n) is 10.9. The molecule has 0 saturated heterocycles. The number of carbonyl (C=O) groups is 2. The Kier molecular flexibility index (Phi) is 7.48. The third-order valence-electron chi connectivity index (χ3n) is 5.44. The van der Waals surface area contributed by atoms with Crippen LogP contribution in [0.5, 0.6) is 5.75 Å². The molecule has 0 atom stereocenters. The highest BCUT2D eigenvalue weighted by molar-refractivity contribution is 7.91. The van der Waals surface area contributed by atoms with Crippen molar-refractivity contribution in [3.8, 4) is 5.75 Å². The maximum absolute atomic E-state index is 13.7. The smallest absolute Gasteiger partial charge is 0.338 e. The van der Waals surface area contributed by atoms with Crippen molar-refractivity contribution in [1.29, 1.82) is 0 Å². The van der Waals surface area contributed by atoms with Crippen LogP contribution in [0.4, 0.5) is 11.4 Å². The third-order valence-corrected chi connectivity index (χ3v) is 7.52. The average Bonchev–Trinajstić information content (AvgIpc) is 2.88. The first kappa shape index (κ1) is 25.5. The topological polar surface area (TPSA) is 120 Å². The van der Waals surface area contributed by atoms with E-state index in [1.807, 2.05) is 0 Å². The van der Waals surface area contributed by atoms with Crippen molar-refractivity contribution in [2.45, 2.75) is 23.3 Å². The number of anilines is 2. The molecule has 0 saturated carbocycles. The summed E-state index contributed by atoms with van der Waals surface area (Å²) in [6.07, 6.45) is 0. The molecule has 0 radical (unpaired) electrons. The van der Waals surface area contributed by atoms with Crippen molar-refractivity contribution >= 4 is 44.7 Å². The molecule has 0 aromatic heterocycles. The minimum absolute atomic E-state index is 0.0387. The maximum Gasteiger partial charge on any atom is 0.338 e. The molecule has 3 aromatic carbocycles. The Balaban J connectivity index is 1.72. The van der Waals surface area contributed by atoms with Gasteiger partial charge in [-0.3, -0.25) is 4.79 Å². The number of sulfone groups is 1. The fourth-order valence-electron chi connectivity index (χ4n) is 3.69. The lowest BCUT2D eigenvalue weighted by Crippen LogP contribution is -2.21. The normalized spacial score (nSPS) is 12.8. The van der Waals surface area contributed by atoms with Gasteiger partial charge in [-0.1, -0.05) is 11.6 Å². The summed E-state index contributed by atoms with van der Waals surface area (Å²) in [5.74, 6) is -0.886. The molecule has 9 nitrogen and oxygen atoms in total. The van der Waals surface area contributed by atoms with Crippen LogP contribution in [-0.4, -0.2) is 40.7 Å². The van der Waals surface area contributed by atoms with E-state index in [1.165, 1.54) is 43.5 Å². The van der Waals surface area contributed by atoms with Crippen molar-refractivity contribution in [3.05, 3.63) is 76.3 Å². The average molecular weight is 531 g/mol. The lowest BCUT2D eigenvalue weighted by Gasteiger charge is -2.23. The van der Waals surface area contributed by atoms with E-state index in [0.29, 0.717) is 22.5 Å². The van der Waals surface area contributed by atoms with Crippen LogP contribution < -0.4 is 15.4 Å². The summed E-state index contributed by atoms with van der Waals surface area (Å²) >= 11 is 6.08. The van der Waals surface area contributed by atoms with Crippen LogP contribution in [0.15, 0.2) is 64.4 Å². The molecular weight excluding hydrogens is 508 g/mol. The molecule has 1 amide bonds. The SMILES string of the molecule is CCOC(=O)c1ccc(NC(=O)c2cc3c(c(S(=O)(=O)c4cc(Cl)ccc4OC)c2)COCN3)cc1. The summed E-state index contributed by atoms with van der Waals surface area (Å²) in [6.45, 7) is 2.16. The van der Waals surface area contributed by atoms with Gasteiger partial charge >= 0.3 is 5.97 Å². The summed E-state index contributed by atoms with van der Waals surface area (Å²) in [4.78, 5) is 24.7. The van der Waals surface area contributed by atoms with E-state index in [2.05, 4.69) is 10.6 Å². The van der Waals surface area contributed by atoms with E-state index in [9.17, 15) is 18.0 Å². The molecule has 1 heterocycles. The number of fused-ring (bicyclic) bond motifs is 1. The number of nitrogens with one attached hydrogen (secondary N) is 2. The molecule has 1 aliphatic rings. The minimum Gasteiger partial charge on any atom is -0.495 e. The maximum atomic E-state index is 13.7. The van der Waals surface area contributed by atoms with Gasteiger partial charge in [0.1, 0.15) is 17.4 Å². The van der Waals surface area contributed by atoms with E-state index in [-0.39, 0.29) is 46.1 Å². The highest BCUT2D eigenvalue weighted by Gasteiger charge is 2.30. The van der Waals surface area contributed by atoms with E-state index < -0.39 is 21.7 Å². The molecule has 3 aromatic rings. The van der Waals surface area contributed by atoms with Crippen molar-refractivity contribution < 1.29 is 32.2 Å². The molecule has 0 unspecified atom stereocenters.